The zero-order valence-corrected chi connectivity index (χ0v) is 18.6. The van der Waals surface area contributed by atoms with Crippen LogP contribution in [0.4, 0.5) is 0 Å². The minimum Gasteiger partial charge on any atom is -0.437 e. The quantitative estimate of drug-likeness (QED) is 0.282. The fourth-order valence-electron chi connectivity index (χ4n) is 4.57. The van der Waals surface area contributed by atoms with Crippen molar-refractivity contribution in [2.45, 2.75) is 6.92 Å². The fourth-order valence-corrected chi connectivity index (χ4v) is 4.57. The van der Waals surface area contributed by atoms with Crippen LogP contribution in [0.5, 0.6) is 0 Å². The third kappa shape index (κ3) is 3.30. The van der Waals surface area contributed by atoms with Gasteiger partial charge in [0.15, 0.2) is 11.8 Å². The number of fused-ring (bicyclic) bond motifs is 3. The van der Waals surface area contributed by atoms with E-state index in [0.29, 0.717) is 5.71 Å². The van der Waals surface area contributed by atoms with E-state index in [1.165, 1.54) is 27.8 Å². The predicted molar refractivity (Wildman–Crippen MR) is 134 cm³/mol. The van der Waals surface area contributed by atoms with Crippen LogP contribution in [-0.2, 0) is 7.05 Å². The summed E-state index contributed by atoms with van der Waals surface area (Å²) < 4.78 is 8.42. The number of benzene rings is 3. The van der Waals surface area contributed by atoms with Gasteiger partial charge in [-0.05, 0) is 46.9 Å². The van der Waals surface area contributed by atoms with Crippen LogP contribution in [0.25, 0.3) is 55.6 Å². The summed E-state index contributed by atoms with van der Waals surface area (Å²) in [6.45, 7) is 2.14. The Morgan fingerprint density at radius 3 is 2.21 bits per heavy atom. The summed E-state index contributed by atoms with van der Waals surface area (Å²) in [7, 11) is 2.08. The summed E-state index contributed by atoms with van der Waals surface area (Å²) in [5, 5.41) is 2.14. The monoisotopic (exact) mass is 427 g/mol. The lowest BCUT2D eigenvalue weighted by Gasteiger charge is -2.09. The van der Waals surface area contributed by atoms with E-state index in [9.17, 15) is 0 Å². The molecule has 0 fully saturated rings. The van der Waals surface area contributed by atoms with Crippen LogP contribution < -0.4 is 4.57 Å². The first-order valence-electron chi connectivity index (χ1n) is 11.1. The van der Waals surface area contributed by atoms with Gasteiger partial charge in [-0.25, -0.2) is 9.55 Å². The molecule has 0 aliphatic heterocycles. The summed E-state index contributed by atoms with van der Waals surface area (Å²) in [6.07, 6.45) is 3.89. The molecule has 0 amide bonds. The third-order valence-electron chi connectivity index (χ3n) is 6.36. The van der Waals surface area contributed by atoms with E-state index in [2.05, 4.69) is 109 Å². The van der Waals surface area contributed by atoms with Crippen molar-refractivity contribution in [2.75, 3.05) is 0 Å². The molecule has 0 bridgehead atoms. The Labute approximate surface area is 192 Å². The van der Waals surface area contributed by atoms with Crippen molar-refractivity contribution in [2.24, 2.45) is 7.05 Å². The van der Waals surface area contributed by atoms with Gasteiger partial charge in [0.25, 0.3) is 0 Å². The standard InChI is InChI=1S/C30H23N2O/c1-20-10-15-25-26-9-6-17-31-30(26)33-29(25)28(20)27-19-24(16-18-32(27)2)23-13-11-22(12-14-23)21-7-4-3-5-8-21/h3-19H,1-2H3/q+1. The van der Waals surface area contributed by atoms with Crippen LogP contribution in [0.2, 0.25) is 0 Å². The maximum absolute atomic E-state index is 6.26. The highest BCUT2D eigenvalue weighted by molar-refractivity contribution is 6.08. The molecule has 6 rings (SSSR count). The topological polar surface area (TPSA) is 29.9 Å². The summed E-state index contributed by atoms with van der Waals surface area (Å²) >= 11 is 0. The summed E-state index contributed by atoms with van der Waals surface area (Å²) in [5.41, 5.74) is 9.76. The molecule has 0 unspecified atom stereocenters. The molecule has 33 heavy (non-hydrogen) atoms. The molecule has 0 saturated heterocycles. The van der Waals surface area contributed by atoms with Gasteiger partial charge < -0.3 is 4.42 Å². The van der Waals surface area contributed by atoms with Gasteiger partial charge in [-0.3, -0.25) is 0 Å². The number of hydrogen-bond acceptors (Lipinski definition) is 2. The molecule has 158 valence electrons. The lowest BCUT2D eigenvalue weighted by atomic mass is 9.97. The van der Waals surface area contributed by atoms with Crippen LogP contribution >= 0.6 is 0 Å². The first kappa shape index (κ1) is 19.4. The van der Waals surface area contributed by atoms with Gasteiger partial charge in [-0.15, -0.1) is 0 Å². The molecule has 0 spiro atoms. The van der Waals surface area contributed by atoms with Gasteiger partial charge in [0.1, 0.15) is 7.05 Å². The van der Waals surface area contributed by atoms with E-state index in [0.717, 1.165) is 27.6 Å². The molecular formula is C30H23N2O+. The van der Waals surface area contributed by atoms with E-state index in [1.54, 1.807) is 6.20 Å². The Morgan fingerprint density at radius 1 is 0.697 bits per heavy atom. The van der Waals surface area contributed by atoms with Crippen LogP contribution in [0.3, 0.4) is 0 Å². The zero-order valence-electron chi connectivity index (χ0n) is 18.6. The molecule has 3 heteroatoms. The van der Waals surface area contributed by atoms with Crippen LogP contribution in [0.15, 0.2) is 108 Å². The second kappa shape index (κ2) is 7.72. The number of pyridine rings is 2. The largest absolute Gasteiger partial charge is 0.437 e. The van der Waals surface area contributed by atoms with E-state index < -0.39 is 0 Å². The predicted octanol–water partition coefficient (Wildman–Crippen LogP) is 7.11. The lowest BCUT2D eigenvalue weighted by Crippen LogP contribution is -2.30. The molecule has 0 N–H and O–H groups in total. The second-order valence-electron chi connectivity index (χ2n) is 8.45. The van der Waals surface area contributed by atoms with Crippen LogP contribution in [-0.4, -0.2) is 4.98 Å². The van der Waals surface area contributed by atoms with E-state index in [4.69, 9.17) is 4.42 Å². The van der Waals surface area contributed by atoms with Crippen molar-refractivity contribution >= 4 is 22.1 Å². The molecule has 3 heterocycles. The van der Waals surface area contributed by atoms with Gasteiger partial charge in [0.2, 0.25) is 11.4 Å². The highest BCUT2D eigenvalue weighted by Gasteiger charge is 2.21. The van der Waals surface area contributed by atoms with Crippen LogP contribution in [0, 0.1) is 6.92 Å². The third-order valence-corrected chi connectivity index (χ3v) is 6.36. The molecule has 3 nitrogen and oxygen atoms in total. The zero-order chi connectivity index (χ0) is 22.4. The van der Waals surface area contributed by atoms with Crippen molar-refractivity contribution < 1.29 is 8.98 Å². The minimum atomic E-state index is 0.676. The van der Waals surface area contributed by atoms with Crippen LogP contribution in [0.1, 0.15) is 5.56 Å². The average Bonchev–Trinajstić information content (AvgIpc) is 3.24. The Hall–Kier alpha value is -4.24. The Bertz CT molecular complexity index is 1610. The molecule has 0 aliphatic carbocycles. The number of aromatic nitrogens is 2. The number of rotatable bonds is 3. The molecule has 3 aromatic carbocycles. The molecule has 0 atom stereocenters. The molecule has 0 radical (unpaired) electrons. The smallest absolute Gasteiger partial charge is 0.227 e. The molecule has 0 aliphatic rings. The number of hydrogen-bond donors (Lipinski definition) is 0. The van der Waals surface area contributed by atoms with E-state index in [-0.39, 0.29) is 0 Å². The van der Waals surface area contributed by atoms with Crippen molar-refractivity contribution in [3.8, 4) is 33.5 Å². The highest BCUT2D eigenvalue weighted by Crippen LogP contribution is 2.37. The van der Waals surface area contributed by atoms with Crippen molar-refractivity contribution in [3.63, 3.8) is 0 Å². The summed E-state index contributed by atoms with van der Waals surface area (Å²) in [5.74, 6) is 0. The number of nitrogens with zero attached hydrogens (tertiary/aromatic N) is 2. The van der Waals surface area contributed by atoms with Crippen molar-refractivity contribution in [1.29, 1.82) is 0 Å². The first-order valence-corrected chi connectivity index (χ1v) is 11.1. The normalized spacial score (nSPS) is 11.3. The Morgan fingerprint density at radius 2 is 1.42 bits per heavy atom. The second-order valence-corrected chi connectivity index (χ2v) is 8.45. The van der Waals surface area contributed by atoms with Crippen molar-refractivity contribution in [3.05, 3.63) is 109 Å². The minimum absolute atomic E-state index is 0.676. The highest BCUT2D eigenvalue weighted by atomic mass is 16.3. The molecule has 6 aromatic rings. The molecule has 3 aromatic heterocycles. The SMILES string of the molecule is Cc1ccc2c(oc3ncccc32)c1-c1cc(-c2ccc(-c3ccccc3)cc2)cc[n+]1C. The van der Waals surface area contributed by atoms with Gasteiger partial charge in [0.05, 0.1) is 5.56 Å². The average molecular weight is 428 g/mol. The number of aryl methyl sites for hydroxylation is 2. The fraction of sp³-hybridized carbons (Fsp3) is 0.0667. The Kier molecular flexibility index (Phi) is 4.55. The Balaban J connectivity index is 1.49. The van der Waals surface area contributed by atoms with Gasteiger partial charge in [0, 0.05) is 29.1 Å². The summed E-state index contributed by atoms with van der Waals surface area (Å²) in [6, 6.07) is 32.0. The first-order chi connectivity index (χ1) is 16.2. The van der Waals surface area contributed by atoms with Gasteiger partial charge >= 0.3 is 0 Å². The molecule has 0 saturated carbocycles. The maximum atomic E-state index is 6.26. The van der Waals surface area contributed by atoms with E-state index in [1.807, 2.05) is 12.1 Å². The van der Waals surface area contributed by atoms with Crippen molar-refractivity contribution in [1.82, 2.24) is 4.98 Å². The molecular weight excluding hydrogens is 404 g/mol. The van der Waals surface area contributed by atoms with Gasteiger partial charge in [-0.1, -0.05) is 66.7 Å². The van der Waals surface area contributed by atoms with E-state index >= 15 is 0 Å². The maximum Gasteiger partial charge on any atom is 0.227 e. The summed E-state index contributed by atoms with van der Waals surface area (Å²) in [4.78, 5) is 4.43. The lowest BCUT2D eigenvalue weighted by molar-refractivity contribution is -0.660. The number of furan rings is 1. The van der Waals surface area contributed by atoms with Gasteiger partial charge in [-0.2, -0.15) is 0 Å².